The van der Waals surface area contributed by atoms with Gasteiger partial charge in [0.15, 0.2) is 0 Å². The molecule has 0 fully saturated rings. The Morgan fingerprint density at radius 1 is 0.760 bits per heavy atom. The van der Waals surface area contributed by atoms with Crippen molar-refractivity contribution >= 4 is 11.9 Å². The molecule has 126 valence electrons. The Hall–Kier alpha value is -3.14. The Balaban J connectivity index is 2.15. The molecule has 0 aliphatic heterocycles. The maximum atomic E-state index is 10.9. The Bertz CT molecular complexity index is 803. The van der Waals surface area contributed by atoms with E-state index in [1.54, 1.807) is 12.2 Å². The molecule has 2 aromatic rings. The standard InChI is InChI=1S/C21H18O4/c22-19(23)11-5-13-21(14-6-12-20(24)25)17-9-3-1-7-15(17)16-8-2-4-10-18(16)21/h1-12H,13-14H2,(H,22,23)(H,24,25). The number of carbonyl (C=O) groups is 2. The minimum atomic E-state index is -0.990. The van der Waals surface area contributed by atoms with Crippen molar-refractivity contribution in [2.24, 2.45) is 0 Å². The largest absolute Gasteiger partial charge is 0.478 e. The van der Waals surface area contributed by atoms with Gasteiger partial charge in [-0.15, -0.1) is 0 Å². The summed E-state index contributed by atoms with van der Waals surface area (Å²) in [5.41, 5.74) is 3.96. The summed E-state index contributed by atoms with van der Waals surface area (Å²) in [6, 6.07) is 16.1. The van der Waals surface area contributed by atoms with E-state index in [9.17, 15) is 9.59 Å². The molecule has 4 nitrogen and oxygen atoms in total. The van der Waals surface area contributed by atoms with E-state index in [4.69, 9.17) is 10.2 Å². The van der Waals surface area contributed by atoms with E-state index >= 15 is 0 Å². The highest BCUT2D eigenvalue weighted by atomic mass is 16.4. The van der Waals surface area contributed by atoms with E-state index in [1.807, 2.05) is 36.4 Å². The first-order valence-electron chi connectivity index (χ1n) is 8.03. The molecule has 0 aromatic heterocycles. The molecule has 0 heterocycles. The van der Waals surface area contributed by atoms with Gasteiger partial charge in [0.05, 0.1) is 0 Å². The highest BCUT2D eigenvalue weighted by molar-refractivity contribution is 5.83. The van der Waals surface area contributed by atoms with E-state index in [1.165, 1.54) is 0 Å². The zero-order valence-corrected chi connectivity index (χ0v) is 13.6. The van der Waals surface area contributed by atoms with Crippen LogP contribution < -0.4 is 0 Å². The summed E-state index contributed by atoms with van der Waals surface area (Å²) >= 11 is 0. The molecule has 0 amide bonds. The van der Waals surface area contributed by atoms with Crippen LogP contribution in [0.4, 0.5) is 0 Å². The van der Waals surface area contributed by atoms with Crippen LogP contribution in [-0.4, -0.2) is 22.2 Å². The maximum Gasteiger partial charge on any atom is 0.327 e. The van der Waals surface area contributed by atoms with Crippen molar-refractivity contribution in [3.8, 4) is 11.1 Å². The predicted octanol–water partition coefficient (Wildman–Crippen LogP) is 4.01. The van der Waals surface area contributed by atoms with Gasteiger partial charge in [0.1, 0.15) is 0 Å². The molecular formula is C21H18O4. The van der Waals surface area contributed by atoms with Crippen LogP contribution in [0.5, 0.6) is 0 Å². The van der Waals surface area contributed by atoms with E-state index in [0.29, 0.717) is 12.8 Å². The van der Waals surface area contributed by atoms with Gasteiger partial charge in [0.25, 0.3) is 0 Å². The van der Waals surface area contributed by atoms with Gasteiger partial charge in [0.2, 0.25) is 0 Å². The molecule has 0 radical (unpaired) electrons. The fraction of sp³-hybridized carbons (Fsp3) is 0.143. The van der Waals surface area contributed by atoms with Crippen LogP contribution in [0, 0.1) is 0 Å². The fourth-order valence-electron chi connectivity index (χ4n) is 3.66. The minimum absolute atomic E-state index is 0.467. The summed E-state index contributed by atoms with van der Waals surface area (Å²) in [7, 11) is 0. The summed E-state index contributed by atoms with van der Waals surface area (Å²) in [6.45, 7) is 0. The van der Waals surface area contributed by atoms with Crippen molar-refractivity contribution in [3.05, 3.63) is 84.0 Å². The smallest absolute Gasteiger partial charge is 0.327 e. The molecule has 0 saturated carbocycles. The number of hydrogen-bond donors (Lipinski definition) is 2. The third-order valence-electron chi connectivity index (χ3n) is 4.63. The highest BCUT2D eigenvalue weighted by Gasteiger charge is 2.41. The number of carboxylic acids is 2. The van der Waals surface area contributed by atoms with Crippen molar-refractivity contribution in [1.82, 2.24) is 0 Å². The molecule has 1 aliphatic rings. The van der Waals surface area contributed by atoms with Gasteiger partial charge in [0, 0.05) is 17.6 Å². The lowest BCUT2D eigenvalue weighted by Crippen LogP contribution is -2.24. The van der Waals surface area contributed by atoms with E-state index < -0.39 is 17.4 Å². The third-order valence-corrected chi connectivity index (χ3v) is 4.63. The quantitative estimate of drug-likeness (QED) is 0.783. The summed E-state index contributed by atoms with van der Waals surface area (Å²) in [5, 5.41) is 17.9. The molecule has 25 heavy (non-hydrogen) atoms. The molecule has 2 aromatic carbocycles. The number of aliphatic carboxylic acids is 2. The molecule has 0 spiro atoms. The predicted molar refractivity (Wildman–Crippen MR) is 95.4 cm³/mol. The Labute approximate surface area is 145 Å². The second-order valence-electron chi connectivity index (χ2n) is 6.06. The number of rotatable bonds is 6. The molecule has 2 N–H and O–H groups in total. The summed E-state index contributed by atoms with van der Waals surface area (Å²) in [6.07, 6.45) is 6.55. The number of fused-ring (bicyclic) bond motifs is 3. The molecule has 0 saturated heterocycles. The monoisotopic (exact) mass is 334 g/mol. The fourth-order valence-corrected chi connectivity index (χ4v) is 3.66. The lowest BCUT2D eigenvalue weighted by Gasteiger charge is -2.30. The van der Waals surface area contributed by atoms with Gasteiger partial charge in [-0.3, -0.25) is 0 Å². The van der Waals surface area contributed by atoms with E-state index in [0.717, 1.165) is 34.4 Å². The average Bonchev–Trinajstić information content (AvgIpc) is 2.86. The molecule has 1 aliphatic carbocycles. The first kappa shape index (κ1) is 16.7. The number of benzene rings is 2. The van der Waals surface area contributed by atoms with Crippen LogP contribution in [0.3, 0.4) is 0 Å². The number of carboxylic acid groups (broad SMARTS) is 2. The summed E-state index contributed by atoms with van der Waals surface area (Å²) in [4.78, 5) is 21.8. The summed E-state index contributed by atoms with van der Waals surface area (Å²) in [5.74, 6) is -1.98. The maximum absolute atomic E-state index is 10.9. The topological polar surface area (TPSA) is 74.6 Å². The first-order valence-corrected chi connectivity index (χ1v) is 8.03. The second kappa shape index (κ2) is 6.77. The SMILES string of the molecule is O=C(O)C=CCC1(CC=CC(=O)O)c2ccccc2-c2ccccc21. The van der Waals surface area contributed by atoms with Gasteiger partial charge < -0.3 is 10.2 Å². The van der Waals surface area contributed by atoms with E-state index in [-0.39, 0.29) is 0 Å². The molecule has 3 rings (SSSR count). The third kappa shape index (κ3) is 3.11. The van der Waals surface area contributed by atoms with Crippen LogP contribution in [0.1, 0.15) is 24.0 Å². The first-order chi connectivity index (χ1) is 12.0. The molecule has 0 unspecified atom stereocenters. The molecule has 0 atom stereocenters. The highest BCUT2D eigenvalue weighted by Crippen LogP contribution is 2.52. The van der Waals surface area contributed by atoms with Gasteiger partial charge >= 0.3 is 11.9 Å². The van der Waals surface area contributed by atoms with Crippen molar-refractivity contribution in [3.63, 3.8) is 0 Å². The lowest BCUT2D eigenvalue weighted by atomic mass is 9.72. The summed E-state index contributed by atoms with van der Waals surface area (Å²) < 4.78 is 0. The Morgan fingerprint density at radius 3 is 1.56 bits per heavy atom. The normalized spacial score (nSPS) is 14.6. The van der Waals surface area contributed by atoms with Gasteiger partial charge in [-0.05, 0) is 35.1 Å². The Morgan fingerprint density at radius 2 is 1.16 bits per heavy atom. The van der Waals surface area contributed by atoms with Gasteiger partial charge in [-0.1, -0.05) is 60.7 Å². The number of allylic oxidation sites excluding steroid dienone is 2. The number of hydrogen-bond acceptors (Lipinski definition) is 2. The molecule has 0 bridgehead atoms. The van der Waals surface area contributed by atoms with Crippen molar-refractivity contribution in [2.75, 3.05) is 0 Å². The van der Waals surface area contributed by atoms with Crippen LogP contribution in [0.25, 0.3) is 11.1 Å². The second-order valence-corrected chi connectivity index (χ2v) is 6.06. The molecule has 4 heteroatoms. The Kier molecular flexibility index (Phi) is 4.52. The molecular weight excluding hydrogens is 316 g/mol. The van der Waals surface area contributed by atoms with Crippen molar-refractivity contribution < 1.29 is 19.8 Å². The van der Waals surface area contributed by atoms with Gasteiger partial charge in [-0.25, -0.2) is 9.59 Å². The van der Waals surface area contributed by atoms with Crippen LogP contribution in [0.15, 0.2) is 72.8 Å². The van der Waals surface area contributed by atoms with E-state index in [2.05, 4.69) is 12.1 Å². The van der Waals surface area contributed by atoms with Gasteiger partial charge in [-0.2, -0.15) is 0 Å². The van der Waals surface area contributed by atoms with Crippen molar-refractivity contribution in [2.45, 2.75) is 18.3 Å². The van der Waals surface area contributed by atoms with Crippen LogP contribution >= 0.6 is 0 Å². The lowest BCUT2D eigenvalue weighted by molar-refractivity contribution is -0.132. The van der Waals surface area contributed by atoms with Crippen molar-refractivity contribution in [1.29, 1.82) is 0 Å². The van der Waals surface area contributed by atoms with Crippen LogP contribution in [0.2, 0.25) is 0 Å². The average molecular weight is 334 g/mol. The minimum Gasteiger partial charge on any atom is -0.478 e. The zero-order chi connectivity index (χ0) is 17.9. The zero-order valence-electron chi connectivity index (χ0n) is 13.6. The van der Waals surface area contributed by atoms with Crippen LogP contribution in [-0.2, 0) is 15.0 Å².